The second-order valence-electron chi connectivity index (χ2n) is 9.32. The summed E-state index contributed by atoms with van der Waals surface area (Å²) in [5.41, 5.74) is -0.655. The average molecular weight is 619 g/mol. The van der Waals surface area contributed by atoms with Gasteiger partial charge in [-0.3, -0.25) is 0 Å². The molecule has 10 nitrogen and oxygen atoms in total. The molecule has 1 N–H and O–H groups in total. The molecule has 4 aromatic rings. The van der Waals surface area contributed by atoms with Gasteiger partial charge in [0, 0.05) is 23.5 Å². The summed E-state index contributed by atoms with van der Waals surface area (Å²) in [4.78, 5) is 12.0. The van der Waals surface area contributed by atoms with E-state index in [9.17, 15) is 26.7 Å². The summed E-state index contributed by atoms with van der Waals surface area (Å²) in [6.07, 6.45) is -0.424. The fourth-order valence-electron chi connectivity index (χ4n) is 4.94. The smallest absolute Gasteiger partial charge is 0.355 e. The number of carboxylic acid groups (broad SMARTS) is 1. The number of ether oxygens (including phenoxy) is 2. The zero-order valence-corrected chi connectivity index (χ0v) is 24.3. The maximum Gasteiger partial charge on any atom is 0.355 e. The van der Waals surface area contributed by atoms with Crippen molar-refractivity contribution < 1.29 is 36.2 Å². The molecule has 1 aliphatic rings. The Bertz CT molecular complexity index is 1810. The molecular weight excluding hydrogens is 592 g/mol. The van der Waals surface area contributed by atoms with Crippen LogP contribution in [0, 0.1) is 0 Å². The molecule has 0 amide bonds. The fraction of sp³-hybridized carbons (Fsp3) is 0.250. The molecule has 1 aliphatic heterocycles. The molecule has 2 heterocycles. The third-order valence-corrected chi connectivity index (χ3v) is 10.8. The van der Waals surface area contributed by atoms with Crippen molar-refractivity contribution in [1.82, 2.24) is 8.28 Å². The Kier molecular flexibility index (Phi) is 8.13. The van der Waals surface area contributed by atoms with E-state index in [1.807, 2.05) is 6.07 Å². The number of aromatic carboxylic acids is 1. The van der Waals surface area contributed by atoms with Crippen LogP contribution >= 0.6 is 11.6 Å². The highest BCUT2D eigenvalue weighted by Gasteiger charge is 2.41. The number of aryl methyl sites for hydroxylation is 1. The monoisotopic (exact) mass is 618 g/mol. The number of rotatable bonds is 9. The van der Waals surface area contributed by atoms with Gasteiger partial charge in [-0.05, 0) is 48.4 Å². The van der Waals surface area contributed by atoms with Gasteiger partial charge in [-0.15, -0.1) is 0 Å². The Hall–Kier alpha value is -3.42. The summed E-state index contributed by atoms with van der Waals surface area (Å²) < 4.78 is 69.6. The van der Waals surface area contributed by atoms with E-state index in [1.165, 1.54) is 36.4 Å². The van der Waals surface area contributed by atoms with E-state index >= 15 is 0 Å². The van der Waals surface area contributed by atoms with Gasteiger partial charge in [0.15, 0.2) is 5.69 Å². The summed E-state index contributed by atoms with van der Waals surface area (Å²) in [6.45, 7) is 1.62. The van der Waals surface area contributed by atoms with Gasteiger partial charge in [-0.1, -0.05) is 54.9 Å². The number of hydrogen-bond donors (Lipinski definition) is 1. The van der Waals surface area contributed by atoms with E-state index in [0.717, 1.165) is 4.31 Å². The highest BCUT2D eigenvalue weighted by Crippen LogP contribution is 2.40. The number of aromatic nitrogens is 1. The number of fused-ring (bicyclic) bond motifs is 1. The molecular formula is C28H27ClN2O8S2. The van der Waals surface area contributed by atoms with E-state index in [2.05, 4.69) is 0 Å². The van der Waals surface area contributed by atoms with Crippen LogP contribution in [-0.2, 0) is 31.2 Å². The normalized spacial score (nSPS) is 16.6. The minimum atomic E-state index is -4.58. The van der Waals surface area contributed by atoms with Crippen molar-refractivity contribution in [2.75, 3.05) is 26.3 Å². The lowest BCUT2D eigenvalue weighted by Gasteiger charge is -2.32. The predicted molar refractivity (Wildman–Crippen MR) is 153 cm³/mol. The number of halogens is 1. The first-order chi connectivity index (χ1) is 19.6. The van der Waals surface area contributed by atoms with Crippen LogP contribution in [0.5, 0.6) is 5.75 Å². The van der Waals surface area contributed by atoms with Crippen LogP contribution < -0.4 is 4.74 Å². The van der Waals surface area contributed by atoms with Gasteiger partial charge in [-0.25, -0.2) is 25.6 Å². The molecule has 41 heavy (non-hydrogen) atoms. The molecule has 5 rings (SSSR count). The highest BCUT2D eigenvalue weighted by atomic mass is 35.5. The van der Waals surface area contributed by atoms with Gasteiger partial charge in [-0.2, -0.15) is 4.31 Å². The number of para-hydroxylation sites is 1. The van der Waals surface area contributed by atoms with Gasteiger partial charge in [0.2, 0.25) is 10.0 Å². The molecule has 0 unspecified atom stereocenters. The molecule has 1 fully saturated rings. The van der Waals surface area contributed by atoms with Crippen molar-refractivity contribution in [2.24, 2.45) is 0 Å². The molecule has 0 spiro atoms. The molecule has 0 radical (unpaired) electrons. The Balaban J connectivity index is 1.68. The zero-order valence-electron chi connectivity index (χ0n) is 21.9. The quantitative estimate of drug-likeness (QED) is 0.294. The van der Waals surface area contributed by atoms with E-state index < -0.39 is 42.7 Å². The minimum Gasteiger partial charge on any atom is -0.491 e. The zero-order chi connectivity index (χ0) is 29.4. The van der Waals surface area contributed by atoms with Crippen LogP contribution in [-0.4, -0.2) is 68.6 Å². The minimum absolute atomic E-state index is 0.0345. The van der Waals surface area contributed by atoms with E-state index in [4.69, 9.17) is 21.1 Å². The van der Waals surface area contributed by atoms with Crippen molar-refractivity contribution in [3.8, 4) is 5.75 Å². The first kappa shape index (κ1) is 29.1. The molecule has 1 aromatic heterocycles. The van der Waals surface area contributed by atoms with Crippen LogP contribution in [0.1, 0.15) is 23.0 Å². The van der Waals surface area contributed by atoms with Crippen molar-refractivity contribution in [3.63, 3.8) is 0 Å². The summed E-state index contributed by atoms with van der Waals surface area (Å²) in [5, 5.41) is 10.5. The fourth-order valence-corrected chi connectivity index (χ4v) is 8.66. The third kappa shape index (κ3) is 5.33. The van der Waals surface area contributed by atoms with E-state index in [1.54, 1.807) is 37.3 Å². The van der Waals surface area contributed by atoms with Gasteiger partial charge in [0.05, 0.1) is 17.0 Å². The van der Waals surface area contributed by atoms with Gasteiger partial charge >= 0.3 is 5.97 Å². The highest BCUT2D eigenvalue weighted by molar-refractivity contribution is 7.91. The Morgan fingerprint density at radius 2 is 1.66 bits per heavy atom. The molecule has 1 atom stereocenters. The topological polar surface area (TPSA) is 132 Å². The van der Waals surface area contributed by atoms with E-state index in [0.29, 0.717) is 15.3 Å². The number of hydrogen-bond acceptors (Lipinski definition) is 7. The number of morpholine rings is 1. The van der Waals surface area contributed by atoms with Gasteiger partial charge < -0.3 is 14.6 Å². The van der Waals surface area contributed by atoms with Crippen molar-refractivity contribution >= 4 is 48.5 Å². The molecule has 216 valence electrons. The first-order valence-electron chi connectivity index (χ1n) is 12.8. The summed E-state index contributed by atoms with van der Waals surface area (Å²) in [7, 11) is -9.11. The Morgan fingerprint density at radius 1 is 1.00 bits per heavy atom. The summed E-state index contributed by atoms with van der Waals surface area (Å²) in [5.74, 6) is -1.13. The number of carbonyl (C=O) groups is 1. The largest absolute Gasteiger partial charge is 0.491 e. The number of sulfonamides is 1. The van der Waals surface area contributed by atoms with Crippen LogP contribution in [0.25, 0.3) is 10.9 Å². The van der Waals surface area contributed by atoms with Crippen molar-refractivity contribution in [3.05, 3.63) is 89.1 Å². The van der Waals surface area contributed by atoms with Crippen molar-refractivity contribution in [1.29, 1.82) is 0 Å². The van der Waals surface area contributed by atoms with Crippen LogP contribution in [0.15, 0.2) is 82.6 Å². The summed E-state index contributed by atoms with van der Waals surface area (Å²) >= 11 is 6.46. The molecule has 0 bridgehead atoms. The third-order valence-electron chi connectivity index (χ3n) is 6.81. The second-order valence-corrected chi connectivity index (χ2v) is 13.4. The maximum absolute atomic E-state index is 14.3. The van der Waals surface area contributed by atoms with Gasteiger partial charge in [0.25, 0.3) is 10.0 Å². The second kappa shape index (κ2) is 11.5. The lowest BCUT2D eigenvalue weighted by atomic mass is 10.1. The number of carboxylic acids is 1. The standard InChI is InChI=1S/C28H27ClN2O8S2/c1-2-22-23(29)13-14-24-25(22)27(26(28(32)33)31(24)40(34,35)21-11-7-4-8-12-21)41(36,37)30-15-16-38-20(17-30)18-39-19-9-5-3-6-10-19/h3-14,20H,2,15-18H2,1H3,(H,32,33)/t20-/m0/s1. The van der Waals surface area contributed by atoms with Crippen molar-refractivity contribution in [2.45, 2.75) is 29.2 Å². The summed E-state index contributed by atoms with van der Waals surface area (Å²) in [6, 6.07) is 19.0. The molecule has 13 heteroatoms. The lowest BCUT2D eigenvalue weighted by Crippen LogP contribution is -2.47. The Labute approximate surface area is 242 Å². The molecule has 1 saturated heterocycles. The average Bonchev–Trinajstić information content (AvgIpc) is 3.35. The number of nitrogens with zero attached hydrogens (tertiary/aromatic N) is 2. The lowest BCUT2D eigenvalue weighted by molar-refractivity contribution is -0.0249. The van der Waals surface area contributed by atoms with Gasteiger partial charge in [0.1, 0.15) is 23.4 Å². The number of benzene rings is 3. The van der Waals surface area contributed by atoms with Crippen LogP contribution in [0.4, 0.5) is 0 Å². The molecule has 0 saturated carbocycles. The Morgan fingerprint density at radius 3 is 2.29 bits per heavy atom. The van der Waals surface area contributed by atoms with E-state index in [-0.39, 0.29) is 53.5 Å². The van der Waals surface area contributed by atoms with Crippen LogP contribution in [0.3, 0.4) is 0 Å². The maximum atomic E-state index is 14.3. The predicted octanol–water partition coefficient (Wildman–Crippen LogP) is 4.26. The molecule has 0 aliphatic carbocycles. The van der Waals surface area contributed by atoms with Crippen LogP contribution in [0.2, 0.25) is 5.02 Å². The molecule has 3 aromatic carbocycles. The first-order valence-corrected chi connectivity index (χ1v) is 16.0. The SMILES string of the molecule is CCc1c(Cl)ccc2c1c(S(=O)(=O)N1CCO[C@H](COc3ccccc3)C1)c(C(=O)O)n2S(=O)(=O)c1ccccc1.